The van der Waals surface area contributed by atoms with Gasteiger partial charge in [0.1, 0.15) is 0 Å². The van der Waals surface area contributed by atoms with Crippen molar-refractivity contribution in [2.24, 2.45) is 5.92 Å². The molecular weight excluding hydrogens is 272 g/mol. The van der Waals surface area contributed by atoms with Crippen LogP contribution >= 0.6 is 0 Å². The van der Waals surface area contributed by atoms with E-state index in [9.17, 15) is 0 Å². The predicted molar refractivity (Wildman–Crippen MR) is 66.0 cm³/mol. The molecule has 1 saturated carbocycles. The van der Waals surface area contributed by atoms with Gasteiger partial charge in [-0.05, 0) is 37.5 Å². The molecule has 0 aromatic heterocycles. The molecule has 1 fully saturated rings. The van der Waals surface area contributed by atoms with Gasteiger partial charge < -0.3 is 17.0 Å². The molecule has 1 aromatic carbocycles. The SMILES string of the molecule is CCC1CCC(c2cc[c-]cc2)CC1.[Br-].[Mg+2]. The number of benzene rings is 1. The Morgan fingerprint density at radius 3 is 2.19 bits per heavy atom. The van der Waals surface area contributed by atoms with Gasteiger partial charge in [0.2, 0.25) is 0 Å². The molecule has 1 aliphatic rings. The fourth-order valence-electron chi connectivity index (χ4n) is 2.58. The van der Waals surface area contributed by atoms with E-state index in [1.807, 2.05) is 12.1 Å². The van der Waals surface area contributed by atoms with Crippen molar-refractivity contribution in [3.8, 4) is 0 Å². The summed E-state index contributed by atoms with van der Waals surface area (Å²) in [5.74, 6) is 1.83. The monoisotopic (exact) mass is 290 g/mol. The van der Waals surface area contributed by atoms with Gasteiger partial charge in [0.05, 0.1) is 0 Å². The summed E-state index contributed by atoms with van der Waals surface area (Å²) in [5.41, 5.74) is 1.53. The zero-order chi connectivity index (χ0) is 9.80. The summed E-state index contributed by atoms with van der Waals surface area (Å²) in [7, 11) is 0. The van der Waals surface area contributed by atoms with Crippen molar-refractivity contribution in [2.75, 3.05) is 0 Å². The second-order valence-corrected chi connectivity index (χ2v) is 4.46. The molecule has 0 nitrogen and oxygen atoms in total. The van der Waals surface area contributed by atoms with E-state index in [2.05, 4.69) is 25.1 Å². The molecule has 84 valence electrons. The molecule has 0 spiro atoms. The second-order valence-electron chi connectivity index (χ2n) is 4.46. The Labute approximate surface area is 126 Å². The minimum absolute atomic E-state index is 0. The normalized spacial score (nSPS) is 24.1. The van der Waals surface area contributed by atoms with E-state index in [-0.39, 0.29) is 40.0 Å². The summed E-state index contributed by atoms with van der Waals surface area (Å²) >= 11 is 0. The zero-order valence-corrected chi connectivity index (χ0v) is 13.1. The summed E-state index contributed by atoms with van der Waals surface area (Å²) in [6.07, 6.45) is 7.01. The molecule has 2 heteroatoms. The third kappa shape index (κ3) is 4.38. The average molecular weight is 292 g/mol. The van der Waals surface area contributed by atoms with Crippen LogP contribution in [0.5, 0.6) is 0 Å². The van der Waals surface area contributed by atoms with Gasteiger partial charge in [-0.3, -0.25) is 0 Å². The molecule has 0 radical (unpaired) electrons. The molecule has 0 bridgehead atoms. The molecule has 0 amide bonds. The number of hydrogen-bond acceptors (Lipinski definition) is 0. The van der Waals surface area contributed by atoms with Gasteiger partial charge in [0.25, 0.3) is 0 Å². The van der Waals surface area contributed by atoms with Crippen LogP contribution in [0.1, 0.15) is 50.5 Å². The third-order valence-corrected chi connectivity index (χ3v) is 3.64. The molecule has 0 unspecified atom stereocenters. The van der Waals surface area contributed by atoms with Crippen molar-refractivity contribution >= 4 is 23.1 Å². The standard InChI is InChI=1S/C14H19.BrH.Mg/c1-2-12-8-10-14(11-9-12)13-6-4-3-5-7-13;;/h4-7,12,14H,2,8-11H2,1H3;1H;/q-1;;+2/p-1. The number of rotatable bonds is 2. The van der Waals surface area contributed by atoms with E-state index in [1.54, 1.807) is 0 Å². The fraction of sp³-hybridized carbons (Fsp3) is 0.571. The molecule has 0 heterocycles. The van der Waals surface area contributed by atoms with E-state index in [0.29, 0.717) is 0 Å². The van der Waals surface area contributed by atoms with Crippen LogP contribution < -0.4 is 17.0 Å². The van der Waals surface area contributed by atoms with E-state index in [1.165, 1.54) is 37.7 Å². The maximum Gasteiger partial charge on any atom is 2.00 e. The Kier molecular flexibility index (Phi) is 8.79. The average Bonchev–Trinajstić information content (AvgIpc) is 2.30. The maximum absolute atomic E-state index is 3.09. The van der Waals surface area contributed by atoms with Crippen molar-refractivity contribution in [2.45, 2.75) is 44.9 Å². The summed E-state index contributed by atoms with van der Waals surface area (Å²) in [4.78, 5) is 0. The van der Waals surface area contributed by atoms with E-state index in [4.69, 9.17) is 0 Å². The maximum atomic E-state index is 3.09. The first-order chi connectivity index (χ1) is 6.90. The molecule has 1 aliphatic carbocycles. The van der Waals surface area contributed by atoms with Gasteiger partial charge in [-0.15, -0.1) is 0 Å². The Morgan fingerprint density at radius 1 is 1.12 bits per heavy atom. The summed E-state index contributed by atoms with van der Waals surface area (Å²) in [6.45, 7) is 2.32. The van der Waals surface area contributed by atoms with E-state index >= 15 is 0 Å². The first-order valence-electron chi connectivity index (χ1n) is 5.86. The molecule has 16 heavy (non-hydrogen) atoms. The Morgan fingerprint density at radius 2 is 1.69 bits per heavy atom. The topological polar surface area (TPSA) is 0 Å². The van der Waals surface area contributed by atoms with Crippen LogP contribution in [-0.4, -0.2) is 23.1 Å². The van der Waals surface area contributed by atoms with Gasteiger partial charge in [0, 0.05) is 0 Å². The molecule has 0 aliphatic heterocycles. The summed E-state index contributed by atoms with van der Waals surface area (Å²) in [5, 5.41) is 0. The smallest absolute Gasteiger partial charge is 1.00 e. The minimum Gasteiger partial charge on any atom is -1.00 e. The quantitative estimate of drug-likeness (QED) is 0.558. The van der Waals surface area contributed by atoms with Crippen molar-refractivity contribution < 1.29 is 17.0 Å². The van der Waals surface area contributed by atoms with Crippen molar-refractivity contribution in [1.82, 2.24) is 0 Å². The van der Waals surface area contributed by atoms with Crippen LogP contribution in [0.4, 0.5) is 0 Å². The third-order valence-electron chi connectivity index (χ3n) is 3.64. The summed E-state index contributed by atoms with van der Waals surface area (Å²) < 4.78 is 0. The van der Waals surface area contributed by atoms with Crippen LogP contribution in [-0.2, 0) is 0 Å². The van der Waals surface area contributed by atoms with Gasteiger partial charge in [0.15, 0.2) is 0 Å². The van der Waals surface area contributed by atoms with Gasteiger partial charge in [-0.2, -0.15) is 35.9 Å². The Hall–Kier alpha value is 0.466. The number of hydrogen-bond donors (Lipinski definition) is 0. The number of halogens is 1. The summed E-state index contributed by atoms with van der Waals surface area (Å²) in [6, 6.07) is 11.6. The van der Waals surface area contributed by atoms with Crippen molar-refractivity contribution in [3.05, 3.63) is 35.9 Å². The van der Waals surface area contributed by atoms with E-state index < -0.39 is 0 Å². The Balaban J connectivity index is 0.00000112. The van der Waals surface area contributed by atoms with E-state index in [0.717, 1.165) is 11.8 Å². The predicted octanol–water partition coefficient (Wildman–Crippen LogP) is 0.794. The van der Waals surface area contributed by atoms with Crippen LogP contribution in [0.15, 0.2) is 24.3 Å². The first kappa shape index (κ1) is 16.5. The van der Waals surface area contributed by atoms with Gasteiger partial charge in [-0.1, -0.05) is 13.3 Å². The minimum atomic E-state index is 0. The van der Waals surface area contributed by atoms with Gasteiger partial charge in [-0.25, -0.2) is 0 Å². The fourth-order valence-corrected chi connectivity index (χ4v) is 2.58. The van der Waals surface area contributed by atoms with Crippen molar-refractivity contribution in [3.63, 3.8) is 0 Å². The van der Waals surface area contributed by atoms with Crippen LogP contribution in [0, 0.1) is 12.0 Å². The van der Waals surface area contributed by atoms with Gasteiger partial charge >= 0.3 is 23.1 Å². The largest absolute Gasteiger partial charge is 2.00 e. The Bertz CT molecular complexity index is 265. The second kappa shape index (κ2) is 8.54. The molecule has 0 N–H and O–H groups in total. The van der Waals surface area contributed by atoms with Crippen molar-refractivity contribution in [1.29, 1.82) is 0 Å². The zero-order valence-electron chi connectivity index (χ0n) is 10.1. The molecule has 1 aromatic rings. The van der Waals surface area contributed by atoms with Crippen LogP contribution in [0.2, 0.25) is 0 Å². The molecule has 0 atom stereocenters. The molecular formula is C14H19BrMg. The molecule has 2 rings (SSSR count). The molecule has 0 saturated heterocycles. The first-order valence-corrected chi connectivity index (χ1v) is 5.86. The van der Waals surface area contributed by atoms with Crippen LogP contribution in [0.25, 0.3) is 0 Å². The van der Waals surface area contributed by atoms with Crippen LogP contribution in [0.3, 0.4) is 0 Å².